The van der Waals surface area contributed by atoms with Crippen LogP contribution in [0.4, 0.5) is 5.69 Å². The molecule has 0 aromatic heterocycles. The van der Waals surface area contributed by atoms with Gasteiger partial charge in [0.2, 0.25) is 10.0 Å². The number of carbonyl (C=O) groups excluding carboxylic acids is 1. The second kappa shape index (κ2) is 6.74. The minimum atomic E-state index is -3.57. The first-order valence-electron chi connectivity index (χ1n) is 7.08. The third kappa shape index (κ3) is 3.46. The summed E-state index contributed by atoms with van der Waals surface area (Å²) in [6.07, 6.45) is 0.730. The largest absolute Gasteiger partial charge is 0.364 e. The van der Waals surface area contributed by atoms with Crippen molar-refractivity contribution in [3.63, 3.8) is 0 Å². The first-order chi connectivity index (χ1) is 10.4. The third-order valence-corrected chi connectivity index (χ3v) is 5.32. The Morgan fingerprint density at radius 2 is 2.14 bits per heavy atom. The molecule has 2 rings (SSSR count). The molecule has 122 valence electrons. The fourth-order valence-electron chi connectivity index (χ4n) is 2.44. The molecule has 0 spiro atoms. The van der Waals surface area contributed by atoms with E-state index in [-0.39, 0.29) is 16.9 Å². The fraction of sp³-hybridized carbons (Fsp3) is 0.500. The molecular weight excluding hydrogens is 306 g/mol. The molecule has 22 heavy (non-hydrogen) atoms. The zero-order valence-corrected chi connectivity index (χ0v) is 13.4. The van der Waals surface area contributed by atoms with E-state index in [0.29, 0.717) is 24.2 Å². The number of nitrogens with two attached hydrogens (primary N) is 1. The van der Waals surface area contributed by atoms with Gasteiger partial charge < -0.3 is 15.8 Å². The summed E-state index contributed by atoms with van der Waals surface area (Å²) in [5.74, 6) is -0.280. The maximum atomic E-state index is 12.2. The van der Waals surface area contributed by atoms with E-state index >= 15 is 0 Å². The number of hydrogen-bond acceptors (Lipinski definition) is 5. The van der Waals surface area contributed by atoms with Crippen molar-refractivity contribution in [2.75, 3.05) is 18.9 Å². The Hall–Kier alpha value is -1.48. The maximum Gasteiger partial charge on any atom is 0.253 e. The van der Waals surface area contributed by atoms with Gasteiger partial charge in [0.05, 0.1) is 11.0 Å². The molecule has 7 nitrogen and oxygen atoms in total. The number of anilines is 1. The number of nitrogens with one attached hydrogen (secondary N) is 2. The molecule has 4 N–H and O–H groups in total. The minimum absolute atomic E-state index is 0.0900. The highest BCUT2D eigenvalue weighted by Crippen LogP contribution is 2.25. The van der Waals surface area contributed by atoms with E-state index in [1.54, 1.807) is 19.1 Å². The molecule has 2 atom stereocenters. The van der Waals surface area contributed by atoms with Crippen molar-refractivity contribution in [3.8, 4) is 0 Å². The molecule has 0 unspecified atom stereocenters. The van der Waals surface area contributed by atoms with Crippen molar-refractivity contribution in [2.45, 2.75) is 36.9 Å². The smallest absolute Gasteiger partial charge is 0.253 e. The van der Waals surface area contributed by atoms with Crippen molar-refractivity contribution in [2.24, 2.45) is 5.73 Å². The first-order valence-corrected chi connectivity index (χ1v) is 8.57. The summed E-state index contributed by atoms with van der Waals surface area (Å²) in [7, 11) is -2.22. The van der Waals surface area contributed by atoms with Crippen LogP contribution in [-0.4, -0.2) is 40.1 Å². The van der Waals surface area contributed by atoms with E-state index in [0.717, 1.165) is 6.42 Å². The van der Waals surface area contributed by atoms with Crippen molar-refractivity contribution in [1.82, 2.24) is 4.72 Å². The maximum absolute atomic E-state index is 12.2. The van der Waals surface area contributed by atoms with Gasteiger partial charge in [-0.3, -0.25) is 4.79 Å². The highest BCUT2D eigenvalue weighted by molar-refractivity contribution is 7.89. The number of hydrogen-bond donors (Lipinski definition) is 3. The molecule has 1 aliphatic heterocycles. The number of ether oxygens (including phenoxy) is 1. The second-order valence-electron chi connectivity index (χ2n) is 5.19. The van der Waals surface area contributed by atoms with Gasteiger partial charge in [-0.15, -0.1) is 0 Å². The third-order valence-electron chi connectivity index (χ3n) is 3.76. The standard InChI is InChI=1S/C14H21N3O4S/c1-9-11(4-3-5-13(9)22(19,20)16-2)17-14(18)12-7-6-10(8-15)21-12/h3-5,10,12,16H,6-8,15H2,1-2H3,(H,17,18)/t10-,12+/m1/s1. The molecule has 8 heteroatoms. The van der Waals surface area contributed by atoms with E-state index in [4.69, 9.17) is 10.5 Å². The van der Waals surface area contributed by atoms with Crippen LogP contribution in [0.15, 0.2) is 23.1 Å². The summed E-state index contributed by atoms with van der Waals surface area (Å²) >= 11 is 0. The molecule has 1 fully saturated rings. The number of sulfonamides is 1. The van der Waals surface area contributed by atoms with Crippen LogP contribution in [0.1, 0.15) is 18.4 Å². The fourth-order valence-corrected chi connectivity index (χ4v) is 3.43. The zero-order chi connectivity index (χ0) is 16.3. The summed E-state index contributed by atoms with van der Waals surface area (Å²) in [5.41, 5.74) is 6.47. The molecule has 0 saturated carbocycles. The minimum Gasteiger partial charge on any atom is -0.364 e. The molecule has 0 radical (unpaired) electrons. The lowest BCUT2D eigenvalue weighted by Gasteiger charge is -2.15. The molecule has 0 bridgehead atoms. The molecule has 1 heterocycles. The topological polar surface area (TPSA) is 111 Å². The second-order valence-corrected chi connectivity index (χ2v) is 7.04. The number of amides is 1. The Balaban J connectivity index is 2.17. The summed E-state index contributed by atoms with van der Waals surface area (Å²) < 4.78 is 31.7. The van der Waals surface area contributed by atoms with E-state index in [2.05, 4.69) is 10.0 Å². The van der Waals surface area contributed by atoms with Gasteiger partial charge in [0, 0.05) is 12.2 Å². The summed E-state index contributed by atoms with van der Waals surface area (Å²) in [4.78, 5) is 12.4. The molecule has 1 saturated heterocycles. The van der Waals surface area contributed by atoms with Crippen molar-refractivity contribution < 1.29 is 17.9 Å². The molecule has 0 aliphatic carbocycles. The average Bonchev–Trinajstić information content (AvgIpc) is 2.98. The van der Waals surface area contributed by atoms with Gasteiger partial charge in [0.15, 0.2) is 0 Å². The summed E-state index contributed by atoms with van der Waals surface area (Å²) in [6.45, 7) is 2.04. The van der Waals surface area contributed by atoms with Gasteiger partial charge in [-0.2, -0.15) is 0 Å². The molecule has 1 aromatic rings. The van der Waals surface area contributed by atoms with Gasteiger partial charge in [0.1, 0.15) is 6.10 Å². The average molecular weight is 327 g/mol. The summed E-state index contributed by atoms with van der Waals surface area (Å²) in [6, 6.07) is 4.75. The lowest BCUT2D eigenvalue weighted by Crippen LogP contribution is -2.30. The van der Waals surface area contributed by atoms with E-state index in [1.165, 1.54) is 13.1 Å². The lowest BCUT2D eigenvalue weighted by molar-refractivity contribution is -0.126. The zero-order valence-electron chi connectivity index (χ0n) is 12.6. The Kier molecular flexibility index (Phi) is 5.17. The molecule has 1 aromatic carbocycles. The van der Waals surface area contributed by atoms with Gasteiger partial charge in [0.25, 0.3) is 5.91 Å². The Morgan fingerprint density at radius 1 is 1.41 bits per heavy atom. The van der Waals surface area contributed by atoms with Crippen LogP contribution in [-0.2, 0) is 19.6 Å². The monoisotopic (exact) mass is 327 g/mol. The van der Waals surface area contributed by atoms with Crippen molar-refractivity contribution in [1.29, 1.82) is 0 Å². The van der Waals surface area contributed by atoms with Crippen molar-refractivity contribution in [3.05, 3.63) is 23.8 Å². The Bertz CT molecular complexity index is 660. The molecule has 1 aliphatic rings. The SMILES string of the molecule is CNS(=O)(=O)c1cccc(NC(=O)[C@@H]2CC[C@H](CN)O2)c1C. The van der Waals surface area contributed by atoms with E-state index in [9.17, 15) is 13.2 Å². The molecular formula is C14H21N3O4S. The van der Waals surface area contributed by atoms with Crippen LogP contribution < -0.4 is 15.8 Å². The van der Waals surface area contributed by atoms with Crippen molar-refractivity contribution >= 4 is 21.6 Å². The van der Waals surface area contributed by atoms with Gasteiger partial charge >= 0.3 is 0 Å². The van der Waals surface area contributed by atoms with Crippen LogP contribution in [0.25, 0.3) is 0 Å². The molecule has 1 amide bonds. The van der Waals surface area contributed by atoms with Gasteiger partial charge in [-0.05, 0) is 44.5 Å². The number of rotatable bonds is 5. The first kappa shape index (κ1) is 16.9. The number of benzene rings is 1. The summed E-state index contributed by atoms with van der Waals surface area (Å²) in [5, 5.41) is 2.74. The Labute approximate surface area is 130 Å². The van der Waals surface area contributed by atoms with Crippen LogP contribution in [0.2, 0.25) is 0 Å². The van der Waals surface area contributed by atoms with E-state index < -0.39 is 16.1 Å². The highest BCUT2D eigenvalue weighted by atomic mass is 32.2. The predicted octanol–water partition coefficient (Wildman–Crippen LogP) is 0.348. The normalized spacial score (nSPS) is 21.8. The Morgan fingerprint density at radius 3 is 2.73 bits per heavy atom. The van der Waals surface area contributed by atoms with E-state index in [1.807, 2.05) is 0 Å². The van der Waals surface area contributed by atoms with Crippen LogP contribution in [0, 0.1) is 6.92 Å². The predicted molar refractivity (Wildman–Crippen MR) is 83.0 cm³/mol. The van der Waals surface area contributed by atoms with Crippen LogP contribution in [0.3, 0.4) is 0 Å². The lowest BCUT2D eigenvalue weighted by atomic mass is 10.1. The van der Waals surface area contributed by atoms with Crippen LogP contribution in [0.5, 0.6) is 0 Å². The highest BCUT2D eigenvalue weighted by Gasteiger charge is 2.30. The van der Waals surface area contributed by atoms with Gasteiger partial charge in [-0.25, -0.2) is 13.1 Å². The number of carbonyl (C=O) groups is 1. The van der Waals surface area contributed by atoms with Gasteiger partial charge in [-0.1, -0.05) is 6.07 Å². The quantitative estimate of drug-likeness (QED) is 0.722. The van der Waals surface area contributed by atoms with Crippen LogP contribution >= 0.6 is 0 Å².